The van der Waals surface area contributed by atoms with Crippen LogP contribution in [0.5, 0.6) is 0 Å². The molecule has 3 rings (SSSR count). The van der Waals surface area contributed by atoms with Gasteiger partial charge in [-0.1, -0.05) is 0 Å². The molecule has 0 bridgehead atoms. The number of nitrogens with zero attached hydrogens (tertiary/aromatic N) is 6. The van der Waals surface area contributed by atoms with E-state index in [1.54, 1.807) is 6.33 Å². The normalized spacial score (nSPS) is 16.6. The number of rotatable bonds is 3. The van der Waals surface area contributed by atoms with Crippen molar-refractivity contribution in [3.8, 4) is 0 Å². The molecule has 0 aliphatic carbocycles. The molecule has 0 spiro atoms. The minimum Gasteiger partial charge on any atom is -0.424 e. The summed E-state index contributed by atoms with van der Waals surface area (Å²) in [5.74, 6) is 2.31. The van der Waals surface area contributed by atoms with Gasteiger partial charge in [-0.3, -0.25) is 4.90 Å². The molecule has 0 atom stereocenters. The summed E-state index contributed by atoms with van der Waals surface area (Å²) in [6.45, 7) is 8.34. The van der Waals surface area contributed by atoms with E-state index < -0.39 is 0 Å². The summed E-state index contributed by atoms with van der Waals surface area (Å²) in [5, 5.41) is 7.89. The molecule has 106 valence electrons. The lowest BCUT2D eigenvalue weighted by Gasteiger charge is -2.34. The molecule has 7 nitrogen and oxygen atoms in total. The van der Waals surface area contributed by atoms with Crippen LogP contribution >= 0.6 is 0 Å². The lowest BCUT2D eigenvalue weighted by Crippen LogP contribution is -2.46. The highest BCUT2D eigenvalue weighted by Gasteiger charge is 2.19. The van der Waals surface area contributed by atoms with Gasteiger partial charge in [-0.05, 0) is 6.92 Å². The molecular weight excluding hydrogens is 256 g/mol. The van der Waals surface area contributed by atoms with Crippen LogP contribution in [0.25, 0.3) is 0 Å². The highest BCUT2D eigenvalue weighted by molar-refractivity contribution is 5.39. The van der Waals surface area contributed by atoms with Crippen molar-refractivity contribution in [1.29, 1.82) is 0 Å². The third kappa shape index (κ3) is 2.93. The van der Waals surface area contributed by atoms with Crippen LogP contribution in [-0.4, -0.2) is 51.2 Å². The molecule has 1 saturated heterocycles. The summed E-state index contributed by atoms with van der Waals surface area (Å²) in [5.41, 5.74) is 0.999. The van der Waals surface area contributed by atoms with Crippen LogP contribution in [0.1, 0.15) is 17.5 Å². The Morgan fingerprint density at radius 2 is 1.90 bits per heavy atom. The van der Waals surface area contributed by atoms with Crippen molar-refractivity contribution in [2.75, 3.05) is 31.1 Å². The third-order valence-electron chi connectivity index (χ3n) is 3.41. The van der Waals surface area contributed by atoms with Crippen LogP contribution in [0.3, 0.4) is 0 Å². The summed E-state index contributed by atoms with van der Waals surface area (Å²) in [6.07, 6.45) is 1.62. The minimum atomic E-state index is 0.620. The second-order valence-electron chi connectivity index (χ2n) is 5.00. The third-order valence-corrected chi connectivity index (χ3v) is 3.41. The molecule has 1 aliphatic rings. The fraction of sp³-hybridized carbons (Fsp3) is 0.538. The largest absolute Gasteiger partial charge is 0.424 e. The molecule has 0 radical (unpaired) electrons. The molecule has 7 heteroatoms. The van der Waals surface area contributed by atoms with E-state index in [2.05, 4.69) is 30.0 Å². The van der Waals surface area contributed by atoms with E-state index in [1.807, 2.05) is 19.9 Å². The monoisotopic (exact) mass is 274 g/mol. The van der Waals surface area contributed by atoms with Gasteiger partial charge >= 0.3 is 0 Å². The number of hydrogen-bond donors (Lipinski definition) is 0. The highest BCUT2D eigenvalue weighted by atomic mass is 16.4. The Bertz CT molecular complexity index is 576. The Morgan fingerprint density at radius 3 is 2.55 bits per heavy atom. The summed E-state index contributed by atoms with van der Waals surface area (Å²) in [7, 11) is 0. The van der Waals surface area contributed by atoms with Crippen molar-refractivity contribution in [3.63, 3.8) is 0 Å². The Morgan fingerprint density at radius 1 is 1.10 bits per heavy atom. The molecule has 0 amide bonds. The molecule has 0 unspecified atom stereocenters. The summed E-state index contributed by atoms with van der Waals surface area (Å²) in [4.78, 5) is 13.1. The van der Waals surface area contributed by atoms with Crippen LogP contribution in [0.4, 0.5) is 5.82 Å². The molecule has 1 aliphatic heterocycles. The first-order valence-electron chi connectivity index (χ1n) is 6.75. The van der Waals surface area contributed by atoms with Crippen molar-refractivity contribution in [2.24, 2.45) is 0 Å². The van der Waals surface area contributed by atoms with Crippen LogP contribution in [0.2, 0.25) is 0 Å². The van der Waals surface area contributed by atoms with Gasteiger partial charge < -0.3 is 9.32 Å². The van der Waals surface area contributed by atoms with Gasteiger partial charge in [-0.2, -0.15) is 0 Å². The average molecular weight is 274 g/mol. The Hall–Kier alpha value is -2.02. The number of aromatic nitrogens is 4. The predicted molar refractivity (Wildman–Crippen MR) is 73.3 cm³/mol. The van der Waals surface area contributed by atoms with Gasteiger partial charge in [0.05, 0.1) is 6.54 Å². The van der Waals surface area contributed by atoms with Crippen LogP contribution < -0.4 is 4.90 Å². The molecule has 20 heavy (non-hydrogen) atoms. The topological polar surface area (TPSA) is 71.2 Å². The predicted octanol–water partition coefficient (Wildman–Crippen LogP) is 0.799. The summed E-state index contributed by atoms with van der Waals surface area (Å²) < 4.78 is 5.42. The van der Waals surface area contributed by atoms with E-state index in [0.717, 1.165) is 44.2 Å². The van der Waals surface area contributed by atoms with Gasteiger partial charge in [0.25, 0.3) is 0 Å². The molecule has 2 aromatic rings. The van der Waals surface area contributed by atoms with Crippen molar-refractivity contribution in [3.05, 3.63) is 29.9 Å². The molecule has 0 aromatic carbocycles. The standard InChI is InChI=1S/C13H18N6O/c1-10-7-12(15-9-14-10)19-5-3-18(4-6-19)8-13-17-16-11(2)20-13/h7,9H,3-6,8H2,1-2H3. The van der Waals surface area contributed by atoms with Gasteiger partial charge in [0.15, 0.2) is 0 Å². The van der Waals surface area contributed by atoms with E-state index in [0.29, 0.717) is 11.8 Å². The SMILES string of the molecule is Cc1cc(N2CCN(Cc3nnc(C)o3)CC2)ncn1. The van der Waals surface area contributed by atoms with Crippen molar-refractivity contribution < 1.29 is 4.42 Å². The van der Waals surface area contributed by atoms with Gasteiger partial charge in [-0.25, -0.2) is 9.97 Å². The first-order valence-corrected chi connectivity index (χ1v) is 6.75. The minimum absolute atomic E-state index is 0.620. The van der Waals surface area contributed by atoms with E-state index in [-0.39, 0.29) is 0 Å². The van der Waals surface area contributed by atoms with Gasteiger partial charge in [0.1, 0.15) is 12.1 Å². The van der Waals surface area contributed by atoms with Crippen molar-refractivity contribution >= 4 is 5.82 Å². The molecule has 3 heterocycles. The average Bonchev–Trinajstić information content (AvgIpc) is 2.85. The zero-order chi connectivity index (χ0) is 13.9. The fourth-order valence-electron chi connectivity index (χ4n) is 2.34. The molecule has 2 aromatic heterocycles. The Balaban J connectivity index is 1.57. The number of aryl methyl sites for hydroxylation is 2. The van der Waals surface area contributed by atoms with Crippen molar-refractivity contribution in [1.82, 2.24) is 25.1 Å². The molecule has 0 saturated carbocycles. The van der Waals surface area contributed by atoms with Crippen molar-refractivity contribution in [2.45, 2.75) is 20.4 Å². The van der Waals surface area contributed by atoms with E-state index in [9.17, 15) is 0 Å². The Labute approximate surface area is 117 Å². The van der Waals surface area contributed by atoms with Crippen LogP contribution in [0, 0.1) is 13.8 Å². The zero-order valence-electron chi connectivity index (χ0n) is 11.8. The van der Waals surface area contributed by atoms with Crippen LogP contribution in [0.15, 0.2) is 16.8 Å². The Kier molecular flexibility index (Phi) is 3.60. The maximum Gasteiger partial charge on any atom is 0.230 e. The van der Waals surface area contributed by atoms with Crippen LogP contribution in [-0.2, 0) is 6.54 Å². The fourth-order valence-corrected chi connectivity index (χ4v) is 2.34. The number of piperazine rings is 1. The van der Waals surface area contributed by atoms with Gasteiger partial charge in [-0.15, -0.1) is 10.2 Å². The number of anilines is 1. The van der Waals surface area contributed by atoms with Gasteiger partial charge in [0.2, 0.25) is 11.8 Å². The number of hydrogen-bond acceptors (Lipinski definition) is 7. The second kappa shape index (κ2) is 5.54. The smallest absolute Gasteiger partial charge is 0.230 e. The zero-order valence-corrected chi connectivity index (χ0v) is 11.8. The second-order valence-corrected chi connectivity index (χ2v) is 5.00. The quantitative estimate of drug-likeness (QED) is 0.819. The van der Waals surface area contributed by atoms with E-state index >= 15 is 0 Å². The maximum atomic E-state index is 5.42. The summed E-state index contributed by atoms with van der Waals surface area (Å²) >= 11 is 0. The first kappa shape index (κ1) is 13.0. The van der Waals surface area contributed by atoms with E-state index in [1.165, 1.54) is 0 Å². The molecule has 1 fully saturated rings. The summed E-state index contributed by atoms with van der Waals surface area (Å²) in [6, 6.07) is 2.02. The maximum absolute atomic E-state index is 5.42. The molecule has 0 N–H and O–H groups in total. The highest BCUT2D eigenvalue weighted by Crippen LogP contribution is 2.14. The first-order chi connectivity index (χ1) is 9.70. The lowest BCUT2D eigenvalue weighted by atomic mass is 10.3. The molecular formula is C13H18N6O. The van der Waals surface area contributed by atoms with E-state index in [4.69, 9.17) is 4.42 Å². The lowest BCUT2D eigenvalue weighted by molar-refractivity contribution is 0.224. The van der Waals surface area contributed by atoms with Gasteiger partial charge in [0, 0.05) is 44.9 Å².